The van der Waals surface area contributed by atoms with Crippen molar-refractivity contribution in [3.63, 3.8) is 0 Å². The van der Waals surface area contributed by atoms with E-state index in [0.717, 1.165) is 32.4 Å². The molecule has 1 aromatic carbocycles. The topological polar surface area (TPSA) is 21.3 Å². The van der Waals surface area contributed by atoms with Crippen molar-refractivity contribution in [3.05, 3.63) is 34.6 Å². The molecule has 0 spiro atoms. The Morgan fingerprint density at radius 3 is 2.81 bits per heavy atom. The largest absolute Gasteiger partial charge is 0.378 e. The predicted molar refractivity (Wildman–Crippen MR) is 85.3 cm³/mol. The lowest BCUT2D eigenvalue weighted by molar-refractivity contribution is -0.0290. The van der Waals surface area contributed by atoms with E-state index in [1.807, 2.05) is 6.92 Å². The number of halogens is 2. The summed E-state index contributed by atoms with van der Waals surface area (Å²) in [6, 6.07) is 5.09. The number of benzene rings is 1. The first kappa shape index (κ1) is 16.7. The van der Waals surface area contributed by atoms with Crippen molar-refractivity contribution in [3.8, 4) is 0 Å². The summed E-state index contributed by atoms with van der Waals surface area (Å²) in [7, 11) is 0. The van der Waals surface area contributed by atoms with Crippen molar-refractivity contribution in [1.82, 2.24) is 5.32 Å². The number of rotatable bonds is 8. The Kier molecular flexibility index (Phi) is 6.46. The van der Waals surface area contributed by atoms with Crippen molar-refractivity contribution in [2.75, 3.05) is 13.2 Å². The van der Waals surface area contributed by atoms with E-state index in [1.54, 1.807) is 12.1 Å². The summed E-state index contributed by atoms with van der Waals surface area (Å²) in [4.78, 5) is 0. The Morgan fingerprint density at radius 1 is 1.38 bits per heavy atom. The first-order chi connectivity index (χ1) is 10.1. The third kappa shape index (κ3) is 4.94. The predicted octanol–water partition coefficient (Wildman–Crippen LogP) is 4.20. The maximum absolute atomic E-state index is 13.9. The van der Waals surface area contributed by atoms with Crippen LogP contribution in [0.15, 0.2) is 18.2 Å². The van der Waals surface area contributed by atoms with Gasteiger partial charge in [0.2, 0.25) is 0 Å². The highest BCUT2D eigenvalue weighted by molar-refractivity contribution is 6.30. The zero-order valence-corrected chi connectivity index (χ0v) is 13.6. The molecule has 1 aliphatic rings. The van der Waals surface area contributed by atoms with Gasteiger partial charge in [0, 0.05) is 17.7 Å². The molecule has 2 rings (SSSR count). The van der Waals surface area contributed by atoms with Gasteiger partial charge in [0.15, 0.2) is 0 Å². The highest BCUT2D eigenvalue weighted by Gasteiger charge is 2.31. The first-order valence-electron chi connectivity index (χ1n) is 7.91. The van der Waals surface area contributed by atoms with Crippen molar-refractivity contribution in [1.29, 1.82) is 0 Å². The van der Waals surface area contributed by atoms with E-state index in [-0.39, 0.29) is 5.82 Å². The van der Waals surface area contributed by atoms with Gasteiger partial charge in [-0.25, -0.2) is 4.39 Å². The van der Waals surface area contributed by atoms with Gasteiger partial charge >= 0.3 is 0 Å². The second-order valence-corrected chi connectivity index (χ2v) is 6.28. The molecule has 0 amide bonds. The average molecular weight is 314 g/mol. The number of hydrogen-bond acceptors (Lipinski definition) is 2. The summed E-state index contributed by atoms with van der Waals surface area (Å²) in [5.41, 5.74) is 0.703. The molecule has 2 nitrogen and oxygen atoms in total. The fraction of sp³-hybridized carbons (Fsp3) is 0.647. The second kappa shape index (κ2) is 8.11. The fourth-order valence-corrected chi connectivity index (χ4v) is 3.33. The molecule has 0 heterocycles. The highest BCUT2D eigenvalue weighted by atomic mass is 35.5. The maximum Gasteiger partial charge on any atom is 0.126 e. The Hall–Kier alpha value is -0.640. The minimum Gasteiger partial charge on any atom is -0.378 e. The highest BCUT2D eigenvalue weighted by Crippen LogP contribution is 2.34. The summed E-state index contributed by atoms with van der Waals surface area (Å²) in [5.74, 6) is 0.524. The van der Waals surface area contributed by atoms with Crippen LogP contribution < -0.4 is 5.32 Å². The van der Waals surface area contributed by atoms with Crippen LogP contribution in [0, 0.1) is 11.7 Å². The Balaban J connectivity index is 1.89. The summed E-state index contributed by atoms with van der Waals surface area (Å²) in [6.45, 7) is 5.82. The van der Waals surface area contributed by atoms with Crippen LogP contribution in [0.5, 0.6) is 0 Å². The lowest BCUT2D eigenvalue weighted by atomic mass is 9.77. The quantitative estimate of drug-likeness (QED) is 0.776. The van der Waals surface area contributed by atoms with E-state index in [0.29, 0.717) is 35.1 Å². The van der Waals surface area contributed by atoms with Crippen LogP contribution in [0.25, 0.3) is 0 Å². The number of ether oxygens (including phenoxy) is 1. The summed E-state index contributed by atoms with van der Waals surface area (Å²) in [5, 5.41) is 4.07. The molecule has 0 radical (unpaired) electrons. The molecule has 1 aliphatic carbocycles. The number of likely N-dealkylation sites (N-methyl/N-ethyl adjacent to an activating group) is 1. The van der Waals surface area contributed by atoms with E-state index in [4.69, 9.17) is 16.3 Å². The molecule has 21 heavy (non-hydrogen) atoms. The van der Waals surface area contributed by atoms with Crippen molar-refractivity contribution in [2.24, 2.45) is 5.92 Å². The molecule has 4 heteroatoms. The molecule has 118 valence electrons. The molecule has 1 saturated carbocycles. The Labute approximate surface area is 132 Å². The van der Waals surface area contributed by atoms with Crippen LogP contribution in [0.3, 0.4) is 0 Å². The lowest BCUT2D eigenvalue weighted by Crippen LogP contribution is -2.39. The van der Waals surface area contributed by atoms with Crippen LogP contribution in [0.2, 0.25) is 5.02 Å². The van der Waals surface area contributed by atoms with E-state index in [1.165, 1.54) is 6.07 Å². The molecule has 0 aliphatic heterocycles. The SMILES string of the molecule is CCNC(Cc1cc(Cl)ccc1F)CC1CC(OCC)C1. The molecule has 1 fully saturated rings. The van der Waals surface area contributed by atoms with Crippen LogP contribution in [-0.2, 0) is 11.2 Å². The fourth-order valence-electron chi connectivity index (χ4n) is 3.13. The summed E-state index contributed by atoms with van der Waals surface area (Å²) in [6.07, 6.45) is 4.46. The molecule has 0 bridgehead atoms. The molecule has 1 unspecified atom stereocenters. The number of nitrogens with one attached hydrogen (secondary N) is 1. The monoisotopic (exact) mass is 313 g/mol. The van der Waals surface area contributed by atoms with Gasteiger partial charge in [-0.05, 0) is 68.8 Å². The molecular weight excluding hydrogens is 289 g/mol. The van der Waals surface area contributed by atoms with Crippen molar-refractivity contribution < 1.29 is 9.13 Å². The summed E-state index contributed by atoms with van der Waals surface area (Å²) < 4.78 is 19.5. The van der Waals surface area contributed by atoms with Crippen molar-refractivity contribution in [2.45, 2.75) is 51.7 Å². The van der Waals surface area contributed by atoms with Gasteiger partial charge in [0.25, 0.3) is 0 Å². The molecule has 1 atom stereocenters. The minimum atomic E-state index is -0.164. The van der Waals surface area contributed by atoms with Gasteiger partial charge in [0.05, 0.1) is 6.10 Å². The standard InChI is InChI=1S/C17H25ClFNO/c1-3-20-15(7-12-8-16(9-12)21-4-2)11-13-10-14(18)5-6-17(13)19/h5-6,10,12,15-16,20H,3-4,7-9,11H2,1-2H3. The van der Waals surface area contributed by atoms with Gasteiger partial charge in [-0.1, -0.05) is 18.5 Å². The van der Waals surface area contributed by atoms with Crippen LogP contribution in [0.4, 0.5) is 4.39 Å². The minimum absolute atomic E-state index is 0.164. The first-order valence-corrected chi connectivity index (χ1v) is 8.29. The third-order valence-corrected chi connectivity index (χ3v) is 4.41. The van der Waals surface area contributed by atoms with E-state index < -0.39 is 0 Å². The van der Waals surface area contributed by atoms with Crippen LogP contribution >= 0.6 is 11.6 Å². The maximum atomic E-state index is 13.9. The van der Waals surface area contributed by atoms with E-state index >= 15 is 0 Å². The smallest absolute Gasteiger partial charge is 0.126 e. The van der Waals surface area contributed by atoms with E-state index in [2.05, 4.69) is 12.2 Å². The van der Waals surface area contributed by atoms with E-state index in [9.17, 15) is 4.39 Å². The lowest BCUT2D eigenvalue weighted by Gasteiger charge is -2.37. The molecule has 0 aromatic heterocycles. The second-order valence-electron chi connectivity index (χ2n) is 5.84. The molecule has 1 aromatic rings. The van der Waals surface area contributed by atoms with Gasteiger partial charge < -0.3 is 10.1 Å². The third-order valence-electron chi connectivity index (χ3n) is 4.18. The van der Waals surface area contributed by atoms with Gasteiger partial charge in [-0.3, -0.25) is 0 Å². The zero-order chi connectivity index (χ0) is 15.2. The van der Waals surface area contributed by atoms with Crippen molar-refractivity contribution >= 4 is 11.6 Å². The van der Waals surface area contributed by atoms with Gasteiger partial charge in [-0.15, -0.1) is 0 Å². The summed E-state index contributed by atoms with van der Waals surface area (Å²) >= 11 is 5.97. The zero-order valence-electron chi connectivity index (χ0n) is 12.9. The van der Waals surface area contributed by atoms with Crippen LogP contribution in [-0.4, -0.2) is 25.3 Å². The van der Waals surface area contributed by atoms with Gasteiger partial charge in [-0.2, -0.15) is 0 Å². The molecular formula is C17H25ClFNO. The van der Waals surface area contributed by atoms with Crippen LogP contribution in [0.1, 0.15) is 38.7 Å². The number of hydrogen-bond donors (Lipinski definition) is 1. The Bertz CT molecular complexity index is 448. The normalized spacial score (nSPS) is 22.9. The van der Waals surface area contributed by atoms with Gasteiger partial charge in [0.1, 0.15) is 5.82 Å². The molecule has 0 saturated heterocycles. The molecule has 1 N–H and O–H groups in total. The average Bonchev–Trinajstić information content (AvgIpc) is 2.41. The Morgan fingerprint density at radius 2 is 2.14 bits per heavy atom.